The smallest absolute Gasteiger partial charge is 0.251 e. The number of hydrogen-bond acceptors (Lipinski definition) is 9. The van der Waals surface area contributed by atoms with Crippen molar-refractivity contribution in [2.75, 3.05) is 18.1 Å². The van der Waals surface area contributed by atoms with Gasteiger partial charge in [-0.25, -0.2) is 0 Å². The number of ether oxygens (including phenoxy) is 2. The Hall–Kier alpha value is -4.87. The molecule has 2 N–H and O–H groups in total. The summed E-state index contributed by atoms with van der Waals surface area (Å²) < 4.78 is 17.1. The number of aryl methyl sites for hydroxylation is 1. The SMILES string of the molecule is Cc1ccc(-c2nnn(CC(=O)N(c3ccc4c(c3)OCCO4)[C@@H](C(=O)NC3CCCC3)c3ccc(O)cc3)n2)o1. The first kappa shape index (κ1) is 26.4. The van der Waals surface area contributed by atoms with Crippen LogP contribution in [0.2, 0.25) is 0 Å². The highest BCUT2D eigenvalue weighted by molar-refractivity contribution is 6.01. The predicted octanol–water partition coefficient (Wildman–Crippen LogP) is 3.55. The number of carbonyl (C=O) groups excluding carboxylic acids is 2. The highest BCUT2D eigenvalue weighted by atomic mass is 16.6. The highest BCUT2D eigenvalue weighted by Gasteiger charge is 2.35. The number of benzene rings is 2. The first-order valence-electron chi connectivity index (χ1n) is 13.6. The number of phenols is 1. The van der Waals surface area contributed by atoms with E-state index in [0.29, 0.717) is 47.5 Å². The van der Waals surface area contributed by atoms with E-state index in [-0.39, 0.29) is 30.1 Å². The van der Waals surface area contributed by atoms with Gasteiger partial charge >= 0.3 is 0 Å². The normalized spacial score (nSPS) is 15.4. The maximum Gasteiger partial charge on any atom is 0.251 e. The molecule has 212 valence electrons. The minimum atomic E-state index is -1.05. The summed E-state index contributed by atoms with van der Waals surface area (Å²) in [5.74, 6) is 1.66. The summed E-state index contributed by atoms with van der Waals surface area (Å²) in [7, 11) is 0. The van der Waals surface area contributed by atoms with Crippen molar-refractivity contribution >= 4 is 17.5 Å². The lowest BCUT2D eigenvalue weighted by Gasteiger charge is -2.33. The van der Waals surface area contributed by atoms with Gasteiger partial charge in [0, 0.05) is 17.8 Å². The Balaban J connectivity index is 1.38. The molecule has 2 aliphatic rings. The average molecular weight is 559 g/mol. The lowest BCUT2D eigenvalue weighted by atomic mass is 10.0. The largest absolute Gasteiger partial charge is 0.508 e. The van der Waals surface area contributed by atoms with Gasteiger partial charge in [0.25, 0.3) is 5.91 Å². The number of amides is 2. The Labute approximate surface area is 235 Å². The van der Waals surface area contributed by atoms with Gasteiger partial charge in [-0.15, -0.1) is 10.2 Å². The number of phenolic OH excluding ortho intramolecular Hbond substituents is 1. The number of nitrogens with one attached hydrogen (secondary N) is 1. The molecule has 1 atom stereocenters. The van der Waals surface area contributed by atoms with Crippen molar-refractivity contribution in [1.82, 2.24) is 25.5 Å². The second-order valence-corrected chi connectivity index (χ2v) is 10.1. The zero-order valence-electron chi connectivity index (χ0n) is 22.5. The third-order valence-electron chi connectivity index (χ3n) is 7.18. The molecule has 6 rings (SSSR count). The second kappa shape index (κ2) is 11.3. The summed E-state index contributed by atoms with van der Waals surface area (Å²) >= 11 is 0. The topological polar surface area (TPSA) is 145 Å². The zero-order valence-corrected chi connectivity index (χ0v) is 22.5. The van der Waals surface area contributed by atoms with Crippen LogP contribution in [0.25, 0.3) is 11.6 Å². The second-order valence-electron chi connectivity index (χ2n) is 10.1. The third-order valence-corrected chi connectivity index (χ3v) is 7.18. The molecule has 2 aromatic carbocycles. The molecule has 0 radical (unpaired) electrons. The molecule has 0 bridgehead atoms. The molecule has 12 heteroatoms. The molecule has 2 amide bonds. The minimum absolute atomic E-state index is 0.0237. The fraction of sp³-hybridized carbons (Fsp3) is 0.345. The van der Waals surface area contributed by atoms with Crippen LogP contribution in [-0.4, -0.2) is 56.4 Å². The Morgan fingerprint density at radius 2 is 1.80 bits per heavy atom. The molecular weight excluding hydrogens is 528 g/mol. The number of aromatic hydroxyl groups is 1. The van der Waals surface area contributed by atoms with Crippen LogP contribution in [-0.2, 0) is 16.1 Å². The quantitative estimate of drug-likeness (QED) is 0.332. The van der Waals surface area contributed by atoms with Crippen LogP contribution < -0.4 is 19.7 Å². The van der Waals surface area contributed by atoms with Gasteiger partial charge in [0.05, 0.1) is 0 Å². The van der Waals surface area contributed by atoms with E-state index >= 15 is 0 Å². The standard InChI is InChI=1S/C29H30N6O6/c1-18-6-12-24(41-18)28-31-33-34(32-28)17-26(37)35(21-9-13-23-25(16-21)40-15-14-39-23)27(19-7-10-22(36)11-8-19)29(38)30-20-4-2-3-5-20/h6-13,16,20,27,36H,2-5,14-15,17H2,1H3,(H,30,38)/t27-/m1/s1. The minimum Gasteiger partial charge on any atom is -0.508 e. The number of carbonyl (C=O) groups is 2. The van der Waals surface area contributed by atoms with Gasteiger partial charge < -0.3 is 24.3 Å². The van der Waals surface area contributed by atoms with Crippen molar-refractivity contribution in [3.8, 4) is 28.8 Å². The molecule has 0 saturated heterocycles. The van der Waals surface area contributed by atoms with Crippen LogP contribution >= 0.6 is 0 Å². The van der Waals surface area contributed by atoms with E-state index in [9.17, 15) is 14.7 Å². The molecule has 12 nitrogen and oxygen atoms in total. The lowest BCUT2D eigenvalue weighted by Crippen LogP contribution is -2.47. The van der Waals surface area contributed by atoms with Crippen LogP contribution in [0.15, 0.2) is 59.0 Å². The van der Waals surface area contributed by atoms with Crippen LogP contribution in [0, 0.1) is 6.92 Å². The van der Waals surface area contributed by atoms with Crippen LogP contribution in [0.1, 0.15) is 43.0 Å². The van der Waals surface area contributed by atoms with E-state index in [2.05, 4.69) is 20.7 Å². The summed E-state index contributed by atoms with van der Waals surface area (Å²) in [6, 6.07) is 13.9. The molecule has 1 saturated carbocycles. The molecule has 41 heavy (non-hydrogen) atoms. The first-order valence-corrected chi connectivity index (χ1v) is 13.6. The van der Waals surface area contributed by atoms with E-state index in [0.717, 1.165) is 25.7 Å². The average Bonchev–Trinajstić information content (AvgIpc) is 3.75. The number of fused-ring (bicyclic) bond motifs is 1. The monoisotopic (exact) mass is 558 g/mol. The fourth-order valence-electron chi connectivity index (χ4n) is 5.20. The van der Waals surface area contributed by atoms with E-state index in [1.165, 1.54) is 21.8 Å². The van der Waals surface area contributed by atoms with Crippen molar-refractivity contribution in [1.29, 1.82) is 0 Å². The molecule has 1 fully saturated rings. The van der Waals surface area contributed by atoms with Gasteiger partial charge in [-0.3, -0.25) is 14.5 Å². The van der Waals surface area contributed by atoms with E-state index < -0.39 is 11.9 Å². The van der Waals surface area contributed by atoms with E-state index in [4.69, 9.17) is 13.9 Å². The van der Waals surface area contributed by atoms with Crippen molar-refractivity contribution in [2.24, 2.45) is 0 Å². The number of aromatic nitrogens is 4. The Morgan fingerprint density at radius 3 is 2.54 bits per heavy atom. The summed E-state index contributed by atoms with van der Waals surface area (Å²) in [5, 5.41) is 25.5. The summed E-state index contributed by atoms with van der Waals surface area (Å²) in [6.07, 6.45) is 3.83. The summed E-state index contributed by atoms with van der Waals surface area (Å²) in [4.78, 5) is 30.7. The molecule has 1 aliphatic carbocycles. The molecule has 0 spiro atoms. The zero-order chi connectivity index (χ0) is 28.3. The Bertz CT molecular complexity index is 1540. The van der Waals surface area contributed by atoms with Gasteiger partial charge in [-0.05, 0) is 66.9 Å². The molecule has 2 aromatic heterocycles. The summed E-state index contributed by atoms with van der Waals surface area (Å²) in [5.41, 5.74) is 0.959. The number of nitrogens with zero attached hydrogens (tertiary/aromatic N) is 5. The van der Waals surface area contributed by atoms with Crippen LogP contribution in [0.4, 0.5) is 5.69 Å². The van der Waals surface area contributed by atoms with Crippen molar-refractivity contribution in [3.63, 3.8) is 0 Å². The molecule has 3 heterocycles. The number of hydrogen-bond donors (Lipinski definition) is 2. The van der Waals surface area contributed by atoms with Gasteiger partial charge in [0.15, 0.2) is 17.3 Å². The Kier molecular flexibility index (Phi) is 7.28. The number of rotatable bonds is 8. The fourth-order valence-corrected chi connectivity index (χ4v) is 5.20. The molecule has 1 aliphatic heterocycles. The van der Waals surface area contributed by atoms with Crippen molar-refractivity contribution in [2.45, 2.75) is 51.2 Å². The van der Waals surface area contributed by atoms with Gasteiger partial charge in [-0.1, -0.05) is 25.0 Å². The first-order chi connectivity index (χ1) is 19.9. The van der Waals surface area contributed by atoms with E-state index in [1.54, 1.807) is 42.5 Å². The number of tetrazole rings is 1. The molecule has 0 unspecified atom stereocenters. The van der Waals surface area contributed by atoms with Crippen molar-refractivity contribution < 1.29 is 28.6 Å². The molecule has 4 aromatic rings. The van der Waals surface area contributed by atoms with Crippen molar-refractivity contribution in [3.05, 3.63) is 65.9 Å². The maximum atomic E-state index is 14.1. The number of furan rings is 1. The van der Waals surface area contributed by atoms with Gasteiger partial charge in [0.2, 0.25) is 11.7 Å². The molecular formula is C29H30N6O6. The third kappa shape index (κ3) is 5.72. The Morgan fingerprint density at radius 1 is 1.05 bits per heavy atom. The van der Waals surface area contributed by atoms with E-state index in [1.807, 2.05) is 6.92 Å². The predicted molar refractivity (Wildman–Crippen MR) is 146 cm³/mol. The van der Waals surface area contributed by atoms with Crippen LogP contribution in [0.5, 0.6) is 17.2 Å². The summed E-state index contributed by atoms with van der Waals surface area (Å²) in [6.45, 7) is 2.30. The lowest BCUT2D eigenvalue weighted by molar-refractivity contribution is -0.127. The number of anilines is 1. The van der Waals surface area contributed by atoms with Crippen LogP contribution in [0.3, 0.4) is 0 Å². The highest BCUT2D eigenvalue weighted by Crippen LogP contribution is 2.37. The van der Waals surface area contributed by atoms with Gasteiger partial charge in [0.1, 0.15) is 37.3 Å². The maximum absolute atomic E-state index is 14.1. The van der Waals surface area contributed by atoms with Gasteiger partial charge in [-0.2, -0.15) is 4.80 Å².